The van der Waals surface area contributed by atoms with Crippen molar-refractivity contribution in [1.29, 1.82) is 0 Å². The van der Waals surface area contributed by atoms with E-state index < -0.39 is 35.6 Å². The van der Waals surface area contributed by atoms with Gasteiger partial charge < -0.3 is 14.9 Å². The van der Waals surface area contributed by atoms with Crippen LogP contribution in [0, 0.1) is 11.8 Å². The molecule has 1 aromatic carbocycles. The fourth-order valence-electron chi connectivity index (χ4n) is 5.36. The van der Waals surface area contributed by atoms with Gasteiger partial charge in [-0.15, -0.1) is 0 Å². The predicted octanol–water partition coefficient (Wildman–Crippen LogP) is 0.321. The van der Waals surface area contributed by atoms with E-state index in [1.54, 1.807) is 12.1 Å². The predicted molar refractivity (Wildman–Crippen MR) is 116 cm³/mol. The molecule has 174 valence electrons. The lowest BCUT2D eigenvalue weighted by Gasteiger charge is -2.41. The van der Waals surface area contributed by atoms with E-state index in [2.05, 4.69) is 15.1 Å². The van der Waals surface area contributed by atoms with Crippen molar-refractivity contribution in [1.82, 2.24) is 15.1 Å². The maximum atomic E-state index is 13.3. The monoisotopic (exact) mass is 454 g/mol. The molecule has 10 nitrogen and oxygen atoms in total. The zero-order valence-electron chi connectivity index (χ0n) is 18.2. The number of aliphatic carboxylic acids is 1. The number of carbonyl (C=O) groups excluding carboxylic acids is 4. The Hall–Kier alpha value is -3.27. The summed E-state index contributed by atoms with van der Waals surface area (Å²) in [6.45, 7) is 3.56. The van der Waals surface area contributed by atoms with Gasteiger partial charge in [-0.25, -0.2) is 0 Å². The van der Waals surface area contributed by atoms with Gasteiger partial charge in [0.15, 0.2) is 0 Å². The van der Waals surface area contributed by atoms with Crippen LogP contribution in [0.25, 0.3) is 0 Å². The molecule has 1 unspecified atom stereocenters. The normalized spacial score (nSPS) is 24.7. The van der Waals surface area contributed by atoms with E-state index in [1.165, 1.54) is 0 Å². The molecule has 1 aromatic rings. The molecule has 2 N–H and O–H groups in total. The van der Waals surface area contributed by atoms with Gasteiger partial charge in [-0.1, -0.05) is 6.07 Å². The lowest BCUT2D eigenvalue weighted by molar-refractivity contribution is -0.147. The van der Waals surface area contributed by atoms with E-state index in [4.69, 9.17) is 5.11 Å². The highest BCUT2D eigenvalue weighted by molar-refractivity contribution is 6.25. The van der Waals surface area contributed by atoms with Crippen LogP contribution in [0.2, 0.25) is 0 Å². The average Bonchev–Trinajstić information content (AvgIpc) is 3.01. The number of hydrogen-bond acceptors (Lipinski definition) is 7. The highest BCUT2D eigenvalue weighted by Gasteiger charge is 2.46. The molecular formula is C23H26N4O6. The molecule has 4 heterocycles. The molecule has 3 saturated heterocycles. The molecule has 5 rings (SSSR count). The van der Waals surface area contributed by atoms with E-state index in [9.17, 15) is 24.0 Å². The molecular weight excluding hydrogens is 428 g/mol. The van der Waals surface area contributed by atoms with Gasteiger partial charge in [0.05, 0.1) is 22.7 Å². The second-order valence-electron chi connectivity index (χ2n) is 9.33. The number of nitrogens with zero attached hydrogens (tertiary/aromatic N) is 3. The zero-order valence-corrected chi connectivity index (χ0v) is 18.2. The van der Waals surface area contributed by atoms with E-state index >= 15 is 0 Å². The molecule has 3 fully saturated rings. The Morgan fingerprint density at radius 2 is 1.76 bits per heavy atom. The third-order valence-corrected chi connectivity index (χ3v) is 7.22. The summed E-state index contributed by atoms with van der Waals surface area (Å²) in [7, 11) is 0. The number of rotatable bonds is 5. The van der Waals surface area contributed by atoms with Crippen molar-refractivity contribution < 1.29 is 29.1 Å². The number of anilines is 1. The van der Waals surface area contributed by atoms with E-state index in [1.807, 2.05) is 6.07 Å². The first-order chi connectivity index (χ1) is 15.8. The minimum absolute atomic E-state index is 0.0917. The third-order valence-electron chi connectivity index (χ3n) is 7.22. The molecule has 0 saturated carbocycles. The number of carbonyl (C=O) groups is 5. The first-order valence-corrected chi connectivity index (χ1v) is 11.4. The largest absolute Gasteiger partial charge is 0.481 e. The number of hydrogen-bond donors (Lipinski definition) is 2. The van der Waals surface area contributed by atoms with E-state index in [-0.39, 0.29) is 18.8 Å². The van der Waals surface area contributed by atoms with Gasteiger partial charge in [-0.3, -0.25) is 34.2 Å². The van der Waals surface area contributed by atoms with Crippen LogP contribution in [0.15, 0.2) is 18.2 Å². The van der Waals surface area contributed by atoms with Crippen molar-refractivity contribution in [3.63, 3.8) is 0 Å². The van der Waals surface area contributed by atoms with Crippen LogP contribution < -0.4 is 10.2 Å². The highest BCUT2D eigenvalue weighted by atomic mass is 16.4. The summed E-state index contributed by atoms with van der Waals surface area (Å²) in [5, 5.41) is 11.3. The van der Waals surface area contributed by atoms with Gasteiger partial charge in [0.2, 0.25) is 11.8 Å². The molecule has 0 aliphatic carbocycles. The molecule has 4 aliphatic heterocycles. The molecule has 4 amide bonds. The molecule has 0 radical (unpaired) electrons. The summed E-state index contributed by atoms with van der Waals surface area (Å²) in [5.74, 6) is -2.51. The van der Waals surface area contributed by atoms with Crippen molar-refractivity contribution in [3.8, 4) is 0 Å². The first-order valence-electron chi connectivity index (χ1n) is 11.4. The van der Waals surface area contributed by atoms with Crippen LogP contribution in [0.4, 0.5) is 5.69 Å². The standard InChI is InChI=1S/C23H26N4O6/c28-18-5-4-17(20(29)24-18)27-21(30)15-2-1-3-16(19(15)22(27)31)26-8-6-13(7-9-26)10-25-11-14(12-25)23(32)33/h1-3,13-14,17H,4-12H2,(H,32,33)(H,24,28,29). The number of carboxylic acid groups (broad SMARTS) is 1. The smallest absolute Gasteiger partial charge is 0.309 e. The Bertz CT molecular complexity index is 1040. The number of amides is 4. The van der Waals surface area contributed by atoms with Crippen molar-refractivity contribution in [3.05, 3.63) is 29.3 Å². The summed E-state index contributed by atoms with van der Waals surface area (Å²) in [5.41, 5.74) is 1.33. The van der Waals surface area contributed by atoms with Gasteiger partial charge in [0, 0.05) is 39.1 Å². The number of benzene rings is 1. The molecule has 33 heavy (non-hydrogen) atoms. The number of piperidine rings is 2. The van der Waals surface area contributed by atoms with Crippen LogP contribution in [-0.4, -0.2) is 83.3 Å². The third kappa shape index (κ3) is 3.78. The van der Waals surface area contributed by atoms with Crippen LogP contribution in [0.3, 0.4) is 0 Å². The second-order valence-corrected chi connectivity index (χ2v) is 9.33. The van der Waals surface area contributed by atoms with E-state index in [0.29, 0.717) is 35.8 Å². The SMILES string of the molecule is O=C1CCC(N2C(=O)c3cccc(N4CCC(CN5CC(C(=O)O)C5)CC4)c3C2=O)C(=O)N1. The van der Waals surface area contributed by atoms with Crippen molar-refractivity contribution in [2.45, 2.75) is 31.7 Å². The van der Waals surface area contributed by atoms with Crippen LogP contribution in [0.5, 0.6) is 0 Å². The van der Waals surface area contributed by atoms with Crippen molar-refractivity contribution in [2.24, 2.45) is 11.8 Å². The van der Waals surface area contributed by atoms with Crippen molar-refractivity contribution >= 4 is 35.3 Å². The topological polar surface area (TPSA) is 127 Å². The zero-order chi connectivity index (χ0) is 23.3. The number of imide groups is 2. The molecule has 0 bridgehead atoms. The summed E-state index contributed by atoms with van der Waals surface area (Å²) in [6.07, 6.45) is 2.05. The first kappa shape index (κ1) is 21.6. The summed E-state index contributed by atoms with van der Waals surface area (Å²) in [6, 6.07) is 4.23. The maximum Gasteiger partial charge on any atom is 0.309 e. The summed E-state index contributed by atoms with van der Waals surface area (Å²) < 4.78 is 0. The Labute approximate surface area is 190 Å². The molecule has 1 atom stereocenters. The van der Waals surface area contributed by atoms with Gasteiger partial charge in [-0.2, -0.15) is 0 Å². The highest BCUT2D eigenvalue weighted by Crippen LogP contribution is 2.36. The van der Waals surface area contributed by atoms with Crippen LogP contribution in [0.1, 0.15) is 46.4 Å². The summed E-state index contributed by atoms with van der Waals surface area (Å²) in [4.78, 5) is 66.4. The second kappa shape index (κ2) is 8.26. The Balaban J connectivity index is 1.27. The Morgan fingerprint density at radius 1 is 1.03 bits per heavy atom. The van der Waals surface area contributed by atoms with Gasteiger partial charge in [0.25, 0.3) is 11.8 Å². The van der Waals surface area contributed by atoms with Crippen molar-refractivity contribution in [2.75, 3.05) is 37.6 Å². The summed E-state index contributed by atoms with van der Waals surface area (Å²) >= 11 is 0. The van der Waals surface area contributed by atoms with Gasteiger partial charge in [-0.05, 0) is 37.3 Å². The van der Waals surface area contributed by atoms with E-state index in [0.717, 1.165) is 37.4 Å². The van der Waals surface area contributed by atoms with Gasteiger partial charge in [0.1, 0.15) is 6.04 Å². The minimum Gasteiger partial charge on any atom is -0.481 e. The Kier molecular flexibility index (Phi) is 5.40. The lowest BCUT2D eigenvalue weighted by atomic mass is 9.92. The molecule has 0 aromatic heterocycles. The average molecular weight is 454 g/mol. The number of nitrogens with one attached hydrogen (secondary N) is 1. The fraction of sp³-hybridized carbons (Fsp3) is 0.522. The number of likely N-dealkylation sites (tertiary alicyclic amines) is 1. The molecule has 10 heteroatoms. The van der Waals surface area contributed by atoms with Crippen LogP contribution >= 0.6 is 0 Å². The molecule has 4 aliphatic rings. The number of carboxylic acids is 1. The maximum absolute atomic E-state index is 13.3. The number of fused-ring (bicyclic) bond motifs is 1. The molecule has 0 spiro atoms. The van der Waals surface area contributed by atoms with Crippen LogP contribution in [-0.2, 0) is 14.4 Å². The minimum atomic E-state index is -0.972. The van der Waals surface area contributed by atoms with Gasteiger partial charge >= 0.3 is 5.97 Å². The fourth-order valence-corrected chi connectivity index (χ4v) is 5.36. The quantitative estimate of drug-likeness (QED) is 0.609. The lowest BCUT2D eigenvalue weighted by Crippen LogP contribution is -2.54. The Morgan fingerprint density at radius 3 is 2.42 bits per heavy atom.